The first-order valence-electron chi connectivity index (χ1n) is 16.7. The molecule has 5 nitrogen and oxygen atoms in total. The van der Waals surface area contributed by atoms with E-state index in [4.69, 9.17) is 19.4 Å². The van der Waals surface area contributed by atoms with Crippen LogP contribution in [0.5, 0.6) is 0 Å². The van der Waals surface area contributed by atoms with Gasteiger partial charge >= 0.3 is 0 Å². The number of aromatic nitrogens is 4. The zero-order valence-corrected chi connectivity index (χ0v) is 26.9. The number of rotatable bonds is 4. The summed E-state index contributed by atoms with van der Waals surface area (Å²) in [4.78, 5) is 14.7. The first-order chi connectivity index (χ1) is 24.8. The molecule has 3 heterocycles. The molecule has 0 atom stereocenters. The molecule has 0 aliphatic rings. The summed E-state index contributed by atoms with van der Waals surface area (Å²) < 4.78 is 8.91. The molecule has 0 bridgehead atoms. The number of nitrogens with zero attached hydrogens (tertiary/aromatic N) is 4. The molecule has 0 N–H and O–H groups in total. The third kappa shape index (κ3) is 4.60. The summed E-state index contributed by atoms with van der Waals surface area (Å²) in [6, 6.07) is 58.6. The van der Waals surface area contributed by atoms with Gasteiger partial charge in [0, 0.05) is 38.2 Å². The van der Waals surface area contributed by atoms with Crippen molar-refractivity contribution in [2.45, 2.75) is 0 Å². The van der Waals surface area contributed by atoms with Crippen molar-refractivity contribution in [3.63, 3.8) is 0 Å². The Bertz CT molecular complexity index is 2850. The fraction of sp³-hybridized carbons (Fsp3) is 0. The lowest BCUT2D eigenvalue weighted by Crippen LogP contribution is -2.00. The van der Waals surface area contributed by atoms with E-state index in [0.717, 1.165) is 60.8 Å². The highest BCUT2D eigenvalue weighted by Gasteiger charge is 2.16. The maximum Gasteiger partial charge on any atom is 0.164 e. The number of para-hydroxylation sites is 4. The maximum absolute atomic E-state index is 6.56. The lowest BCUT2D eigenvalue weighted by Gasteiger charge is -2.09. The topological polar surface area (TPSA) is 56.2 Å². The van der Waals surface area contributed by atoms with Crippen LogP contribution in [-0.4, -0.2) is 19.4 Å². The largest absolute Gasteiger partial charge is 0.455 e. The second-order valence-electron chi connectivity index (χ2n) is 12.5. The molecule has 234 valence electrons. The molecule has 0 unspecified atom stereocenters. The second kappa shape index (κ2) is 11.4. The van der Waals surface area contributed by atoms with Gasteiger partial charge in [0.2, 0.25) is 0 Å². The smallest absolute Gasteiger partial charge is 0.164 e. The van der Waals surface area contributed by atoms with Gasteiger partial charge in [-0.25, -0.2) is 15.0 Å². The van der Waals surface area contributed by atoms with E-state index in [1.807, 2.05) is 84.9 Å². The maximum atomic E-state index is 6.56. The average molecular weight is 641 g/mol. The summed E-state index contributed by atoms with van der Waals surface area (Å²) in [6.45, 7) is 0. The highest BCUT2D eigenvalue weighted by Crippen LogP contribution is 2.38. The molecule has 0 saturated heterocycles. The van der Waals surface area contributed by atoms with Crippen molar-refractivity contribution in [3.8, 4) is 45.3 Å². The van der Waals surface area contributed by atoms with Crippen molar-refractivity contribution in [2.75, 3.05) is 0 Å². The van der Waals surface area contributed by atoms with Crippen molar-refractivity contribution < 1.29 is 4.42 Å². The summed E-state index contributed by atoms with van der Waals surface area (Å²) in [5, 5.41) is 4.62. The van der Waals surface area contributed by atoms with Crippen LogP contribution in [0.3, 0.4) is 0 Å². The number of fused-ring (bicyclic) bond motifs is 7. The molecule has 50 heavy (non-hydrogen) atoms. The van der Waals surface area contributed by atoms with Crippen molar-refractivity contribution in [3.05, 3.63) is 170 Å². The molecule has 7 aromatic carbocycles. The molecule has 10 aromatic rings. The van der Waals surface area contributed by atoms with Gasteiger partial charge in [-0.15, -0.1) is 0 Å². The van der Waals surface area contributed by atoms with Crippen LogP contribution in [-0.2, 0) is 0 Å². The number of hydrogen-bond acceptors (Lipinski definition) is 4. The van der Waals surface area contributed by atoms with E-state index in [2.05, 4.69) is 89.3 Å². The van der Waals surface area contributed by atoms with E-state index in [9.17, 15) is 0 Å². The molecule has 0 amide bonds. The Labute approximate surface area is 287 Å². The van der Waals surface area contributed by atoms with Crippen LogP contribution < -0.4 is 0 Å². The van der Waals surface area contributed by atoms with Gasteiger partial charge in [0.15, 0.2) is 23.1 Å². The summed E-state index contributed by atoms with van der Waals surface area (Å²) in [5.41, 5.74) is 10.1. The lowest BCUT2D eigenvalue weighted by atomic mass is 10.0. The molecular weight excluding hydrogens is 613 g/mol. The average Bonchev–Trinajstić information content (AvgIpc) is 3.52. The Morgan fingerprint density at radius 2 is 0.840 bits per heavy atom. The van der Waals surface area contributed by atoms with E-state index in [1.165, 1.54) is 16.3 Å². The minimum atomic E-state index is 0.641. The van der Waals surface area contributed by atoms with Gasteiger partial charge in [0.25, 0.3) is 0 Å². The van der Waals surface area contributed by atoms with Crippen molar-refractivity contribution in [2.24, 2.45) is 0 Å². The van der Waals surface area contributed by atoms with Gasteiger partial charge in [-0.05, 0) is 41.5 Å². The van der Waals surface area contributed by atoms with Crippen LogP contribution >= 0.6 is 0 Å². The molecule has 5 heteroatoms. The molecular formula is C45H28N4O. The van der Waals surface area contributed by atoms with Crippen LogP contribution in [0, 0.1) is 0 Å². The van der Waals surface area contributed by atoms with Crippen LogP contribution in [0.25, 0.3) is 94.6 Å². The zero-order chi connectivity index (χ0) is 33.0. The van der Waals surface area contributed by atoms with E-state index < -0.39 is 0 Å². The minimum Gasteiger partial charge on any atom is -0.455 e. The van der Waals surface area contributed by atoms with Crippen LogP contribution in [0.1, 0.15) is 0 Å². The molecule has 0 fully saturated rings. The Morgan fingerprint density at radius 1 is 0.340 bits per heavy atom. The predicted molar refractivity (Wildman–Crippen MR) is 204 cm³/mol. The van der Waals surface area contributed by atoms with E-state index in [1.54, 1.807) is 0 Å². The fourth-order valence-corrected chi connectivity index (χ4v) is 7.09. The van der Waals surface area contributed by atoms with E-state index in [-0.39, 0.29) is 0 Å². The van der Waals surface area contributed by atoms with Gasteiger partial charge in [0.1, 0.15) is 5.58 Å². The monoisotopic (exact) mass is 640 g/mol. The van der Waals surface area contributed by atoms with Crippen molar-refractivity contribution in [1.29, 1.82) is 0 Å². The molecule has 0 spiro atoms. The SMILES string of the molecule is c1ccc(-c2nc(-c3ccccc3)nc(-c3ccc(-c4ccc5c(c4)c4cccc6c7ccccc7oc7ccccc7n5c64)cc3)n2)cc1. The third-order valence-electron chi connectivity index (χ3n) is 9.47. The Hall–Kier alpha value is -6.85. The van der Waals surface area contributed by atoms with Crippen LogP contribution in [0.4, 0.5) is 0 Å². The molecule has 0 saturated carbocycles. The standard InChI is InChI=1S/C45H28N4O/c1-3-12-30(13-4-1)43-46-44(31-14-5-2-6-15-31)48-45(47-43)32-24-22-29(23-25-32)33-26-27-38-37(28-33)36-18-11-17-35-34-16-7-9-20-40(34)50-41-21-10-8-19-39(41)49(38)42(35)36/h1-28H. The molecule has 3 aromatic heterocycles. The second-order valence-corrected chi connectivity index (χ2v) is 12.5. The summed E-state index contributed by atoms with van der Waals surface area (Å²) in [6.07, 6.45) is 0. The summed E-state index contributed by atoms with van der Waals surface area (Å²) in [7, 11) is 0. The minimum absolute atomic E-state index is 0.641. The Balaban J connectivity index is 1.13. The van der Waals surface area contributed by atoms with Crippen LogP contribution in [0.15, 0.2) is 174 Å². The van der Waals surface area contributed by atoms with E-state index in [0.29, 0.717) is 17.5 Å². The van der Waals surface area contributed by atoms with Gasteiger partial charge in [0.05, 0.1) is 16.6 Å². The molecule has 0 radical (unpaired) electrons. The Kier molecular flexibility index (Phi) is 6.42. The first-order valence-corrected chi connectivity index (χ1v) is 16.7. The molecule has 10 rings (SSSR count). The van der Waals surface area contributed by atoms with Gasteiger partial charge in [-0.3, -0.25) is 0 Å². The van der Waals surface area contributed by atoms with E-state index >= 15 is 0 Å². The highest BCUT2D eigenvalue weighted by molar-refractivity contribution is 6.20. The third-order valence-corrected chi connectivity index (χ3v) is 9.47. The van der Waals surface area contributed by atoms with Crippen molar-refractivity contribution >= 4 is 49.3 Å². The normalized spacial score (nSPS) is 11.6. The number of benzene rings is 7. The van der Waals surface area contributed by atoms with Crippen molar-refractivity contribution in [1.82, 2.24) is 19.4 Å². The number of hydrogen-bond donors (Lipinski definition) is 0. The summed E-state index contributed by atoms with van der Waals surface area (Å²) in [5.74, 6) is 1.94. The van der Waals surface area contributed by atoms with Gasteiger partial charge in [-0.2, -0.15) is 0 Å². The summed E-state index contributed by atoms with van der Waals surface area (Å²) >= 11 is 0. The quantitative estimate of drug-likeness (QED) is 0.192. The molecule has 0 aliphatic carbocycles. The van der Waals surface area contributed by atoms with Gasteiger partial charge < -0.3 is 8.82 Å². The fourth-order valence-electron chi connectivity index (χ4n) is 7.09. The zero-order valence-electron chi connectivity index (χ0n) is 26.9. The predicted octanol–water partition coefficient (Wildman–Crippen LogP) is 11.6. The van der Waals surface area contributed by atoms with Gasteiger partial charge in [-0.1, -0.05) is 140 Å². The Morgan fingerprint density at radius 3 is 1.52 bits per heavy atom. The highest BCUT2D eigenvalue weighted by atomic mass is 16.3. The first kappa shape index (κ1) is 28.2. The molecule has 0 aliphatic heterocycles. The van der Waals surface area contributed by atoms with Crippen LogP contribution in [0.2, 0.25) is 0 Å². The lowest BCUT2D eigenvalue weighted by molar-refractivity contribution is 0.661.